The van der Waals surface area contributed by atoms with E-state index in [4.69, 9.17) is 0 Å². The van der Waals surface area contributed by atoms with Crippen LogP contribution in [0.2, 0.25) is 0 Å². The van der Waals surface area contributed by atoms with Crippen molar-refractivity contribution in [3.8, 4) is 0 Å². The van der Waals surface area contributed by atoms with Crippen molar-refractivity contribution in [3.63, 3.8) is 0 Å². The summed E-state index contributed by atoms with van der Waals surface area (Å²) in [6.45, 7) is 3.49. The van der Waals surface area contributed by atoms with Crippen molar-refractivity contribution in [2.45, 2.75) is 0 Å². The lowest BCUT2D eigenvalue weighted by atomic mass is 10.4. The average Bonchev–Trinajstić information content (AvgIpc) is 2.24. The maximum absolute atomic E-state index is 3.49. The first kappa shape index (κ1) is 19.8. The molecule has 0 atom stereocenters. The van der Waals surface area contributed by atoms with Crippen LogP contribution in [-0.4, -0.2) is 95.0 Å². The van der Waals surface area contributed by atoms with Gasteiger partial charge in [0.05, 0.1) is 0 Å². The van der Waals surface area contributed by atoms with Crippen molar-refractivity contribution in [1.29, 1.82) is 0 Å². The average molecular weight is 271 g/mol. The summed E-state index contributed by atoms with van der Waals surface area (Å²) < 4.78 is 0. The molecule has 0 aromatic heterocycles. The van der Waals surface area contributed by atoms with Crippen LogP contribution in [0.25, 0.3) is 0 Å². The van der Waals surface area contributed by atoms with Crippen LogP contribution in [0.4, 0.5) is 0 Å². The molecule has 0 fully saturated rings. The highest BCUT2D eigenvalue weighted by molar-refractivity contribution is 5.07. The highest BCUT2D eigenvalue weighted by atomic mass is 15.4. The van der Waals surface area contributed by atoms with Crippen LogP contribution in [0, 0.1) is 0 Å². The van der Waals surface area contributed by atoms with Crippen LogP contribution < -0.4 is 0 Å². The summed E-state index contributed by atoms with van der Waals surface area (Å²) in [5, 5.41) is 0. The van der Waals surface area contributed by atoms with Crippen LogP contribution in [0.15, 0.2) is 24.4 Å². The van der Waals surface area contributed by atoms with E-state index in [1.54, 1.807) is 6.20 Å². The lowest BCUT2D eigenvalue weighted by molar-refractivity contribution is 0.256. The standard InChI is InChI=1S/C10H24N4.C4H9N/c1-11(2)9(12(3)4)10(13(5)6)14(7)8;1-4-5(2)3/h1-8H3;4H,1H2,2-3H3. The Bertz CT molecular complexity index is 236. The van der Waals surface area contributed by atoms with E-state index >= 15 is 0 Å². The second-order valence-electron chi connectivity index (χ2n) is 5.37. The molecule has 0 bridgehead atoms. The third-order valence-electron chi connectivity index (χ3n) is 2.26. The minimum absolute atomic E-state index is 1.19. The lowest BCUT2D eigenvalue weighted by Gasteiger charge is -2.34. The van der Waals surface area contributed by atoms with Gasteiger partial charge in [-0.15, -0.1) is 0 Å². The topological polar surface area (TPSA) is 16.2 Å². The molecule has 0 saturated carbocycles. The van der Waals surface area contributed by atoms with Gasteiger partial charge in [-0.05, 0) is 6.20 Å². The van der Waals surface area contributed by atoms with Gasteiger partial charge in [0.15, 0.2) is 0 Å². The number of rotatable bonds is 5. The molecule has 0 unspecified atom stereocenters. The molecular weight excluding hydrogens is 238 g/mol. The van der Waals surface area contributed by atoms with E-state index in [1.165, 1.54) is 11.6 Å². The van der Waals surface area contributed by atoms with E-state index in [0.29, 0.717) is 0 Å². The van der Waals surface area contributed by atoms with E-state index in [0.717, 1.165) is 0 Å². The highest BCUT2D eigenvalue weighted by Crippen LogP contribution is 2.13. The molecule has 0 spiro atoms. The third kappa shape index (κ3) is 8.24. The molecule has 0 amide bonds. The fraction of sp³-hybridized carbons (Fsp3) is 0.714. The van der Waals surface area contributed by atoms with Gasteiger partial charge in [0.1, 0.15) is 11.6 Å². The summed E-state index contributed by atoms with van der Waals surface area (Å²) >= 11 is 0. The molecule has 0 rings (SSSR count). The highest BCUT2D eigenvalue weighted by Gasteiger charge is 2.14. The van der Waals surface area contributed by atoms with Crippen molar-refractivity contribution >= 4 is 0 Å². The largest absolute Gasteiger partial charge is 0.384 e. The molecule has 0 aliphatic carbocycles. The fourth-order valence-electron chi connectivity index (χ4n) is 1.60. The number of hydrogen-bond donors (Lipinski definition) is 0. The normalized spacial score (nSPS) is 8.74. The molecule has 5 nitrogen and oxygen atoms in total. The second kappa shape index (κ2) is 9.42. The van der Waals surface area contributed by atoms with Crippen LogP contribution in [0.5, 0.6) is 0 Å². The molecule has 0 aliphatic rings. The molecule has 114 valence electrons. The minimum Gasteiger partial charge on any atom is -0.384 e. The predicted octanol–water partition coefficient (Wildman–Crippen LogP) is 1.05. The van der Waals surface area contributed by atoms with Gasteiger partial charge in [0.25, 0.3) is 0 Å². The predicted molar refractivity (Wildman–Crippen MR) is 85.7 cm³/mol. The van der Waals surface area contributed by atoms with E-state index in [1.807, 2.05) is 19.0 Å². The SMILES string of the molecule is C=CN(C)C.CN(C)C(=C(N(C)C)N(C)C)N(C)C. The van der Waals surface area contributed by atoms with Gasteiger partial charge < -0.3 is 24.5 Å². The lowest BCUT2D eigenvalue weighted by Crippen LogP contribution is -2.35. The van der Waals surface area contributed by atoms with Gasteiger partial charge >= 0.3 is 0 Å². The fourth-order valence-corrected chi connectivity index (χ4v) is 1.60. The zero-order valence-electron chi connectivity index (χ0n) is 14.5. The van der Waals surface area contributed by atoms with E-state index in [9.17, 15) is 0 Å². The van der Waals surface area contributed by atoms with Crippen LogP contribution in [0.3, 0.4) is 0 Å². The molecule has 0 aromatic carbocycles. The van der Waals surface area contributed by atoms with E-state index < -0.39 is 0 Å². The van der Waals surface area contributed by atoms with E-state index in [2.05, 4.69) is 82.6 Å². The van der Waals surface area contributed by atoms with Crippen molar-refractivity contribution in [3.05, 3.63) is 24.4 Å². The molecule has 0 aromatic rings. The Morgan fingerprint density at radius 3 is 0.789 bits per heavy atom. The summed E-state index contributed by atoms with van der Waals surface area (Å²) in [7, 11) is 20.3. The summed E-state index contributed by atoms with van der Waals surface area (Å²) in [5.41, 5.74) is 0. The molecular formula is C14H33N5. The Kier molecular flexibility index (Phi) is 9.82. The van der Waals surface area contributed by atoms with Crippen molar-refractivity contribution in [2.24, 2.45) is 0 Å². The van der Waals surface area contributed by atoms with Gasteiger partial charge in [0, 0.05) is 70.5 Å². The van der Waals surface area contributed by atoms with Crippen molar-refractivity contribution in [2.75, 3.05) is 70.5 Å². The molecule has 5 heteroatoms. The van der Waals surface area contributed by atoms with Crippen LogP contribution in [0.1, 0.15) is 0 Å². The third-order valence-corrected chi connectivity index (χ3v) is 2.26. The first-order valence-electron chi connectivity index (χ1n) is 6.28. The first-order valence-corrected chi connectivity index (χ1v) is 6.28. The Hall–Kier alpha value is -1.52. The maximum atomic E-state index is 3.49. The van der Waals surface area contributed by atoms with Crippen molar-refractivity contribution in [1.82, 2.24) is 24.5 Å². The Labute approximate surface area is 120 Å². The van der Waals surface area contributed by atoms with Crippen LogP contribution >= 0.6 is 0 Å². The quantitative estimate of drug-likeness (QED) is 0.741. The van der Waals surface area contributed by atoms with Crippen molar-refractivity contribution < 1.29 is 0 Å². The van der Waals surface area contributed by atoms with Crippen LogP contribution in [-0.2, 0) is 0 Å². The molecule has 0 N–H and O–H groups in total. The van der Waals surface area contributed by atoms with Gasteiger partial charge in [0.2, 0.25) is 0 Å². The maximum Gasteiger partial charge on any atom is 0.145 e. The smallest absolute Gasteiger partial charge is 0.145 e. The minimum atomic E-state index is 1.19. The summed E-state index contributed by atoms with van der Waals surface area (Å²) in [5.74, 6) is 2.39. The van der Waals surface area contributed by atoms with Gasteiger partial charge in [-0.25, -0.2) is 0 Å². The number of hydrogen-bond acceptors (Lipinski definition) is 5. The molecule has 0 saturated heterocycles. The van der Waals surface area contributed by atoms with Gasteiger partial charge in [-0.1, -0.05) is 6.58 Å². The van der Waals surface area contributed by atoms with Gasteiger partial charge in [-0.2, -0.15) is 0 Å². The monoisotopic (exact) mass is 271 g/mol. The zero-order valence-corrected chi connectivity index (χ0v) is 14.5. The number of nitrogens with zero attached hydrogens (tertiary/aromatic N) is 5. The molecule has 0 radical (unpaired) electrons. The Morgan fingerprint density at radius 2 is 0.737 bits per heavy atom. The molecule has 0 heterocycles. The molecule has 19 heavy (non-hydrogen) atoms. The summed E-state index contributed by atoms with van der Waals surface area (Å²) in [6, 6.07) is 0. The van der Waals surface area contributed by atoms with Gasteiger partial charge in [-0.3, -0.25) is 0 Å². The summed E-state index contributed by atoms with van der Waals surface area (Å²) in [6.07, 6.45) is 1.75. The Balaban J connectivity index is 0. The first-order chi connectivity index (χ1) is 8.56. The zero-order chi connectivity index (χ0) is 15.7. The molecule has 0 aliphatic heterocycles. The van der Waals surface area contributed by atoms with E-state index in [-0.39, 0.29) is 0 Å². The summed E-state index contributed by atoms with van der Waals surface area (Å²) in [4.78, 5) is 10.4. The second-order valence-corrected chi connectivity index (χ2v) is 5.37. The Morgan fingerprint density at radius 1 is 0.579 bits per heavy atom.